The normalized spacial score (nSPS) is 13.2. The van der Waals surface area contributed by atoms with Crippen LogP contribution in [0.25, 0.3) is 65.8 Å². The van der Waals surface area contributed by atoms with E-state index in [-0.39, 0.29) is 10.8 Å². The lowest BCUT2D eigenvalue weighted by molar-refractivity contribution is 0.590. The fourth-order valence-electron chi connectivity index (χ4n) is 14.3. The number of nitrogens with zero attached hydrogens (tertiary/aromatic N) is 2. The number of anilines is 6. The molecular formula is C82H70N2O2Si. The van der Waals surface area contributed by atoms with Gasteiger partial charge in [-0.15, -0.1) is 0 Å². The van der Waals surface area contributed by atoms with Gasteiger partial charge in [0.2, 0.25) is 0 Å². The Morgan fingerprint density at radius 1 is 0.345 bits per heavy atom. The quantitative estimate of drug-likeness (QED) is 0.101. The number of benzene rings is 12. The van der Waals surface area contributed by atoms with Crippen molar-refractivity contribution in [3.05, 3.63) is 289 Å². The van der Waals surface area contributed by atoms with Crippen LogP contribution in [0.15, 0.2) is 270 Å². The molecule has 2 heterocycles. The Hall–Kier alpha value is -9.68. The van der Waals surface area contributed by atoms with E-state index >= 15 is 0 Å². The Balaban J connectivity index is 0.982. The maximum atomic E-state index is 7.25. The first kappa shape index (κ1) is 54.0. The molecule has 0 saturated heterocycles. The van der Waals surface area contributed by atoms with Crippen molar-refractivity contribution in [3.8, 4) is 11.1 Å². The van der Waals surface area contributed by atoms with Crippen LogP contribution in [0, 0.1) is 6.92 Å². The Bertz CT molecular complexity index is 4870. The van der Waals surface area contributed by atoms with Gasteiger partial charge in [0.05, 0.1) is 17.1 Å². The second-order valence-corrected chi connectivity index (χ2v) is 30.4. The van der Waals surface area contributed by atoms with Crippen LogP contribution in [-0.2, 0) is 16.2 Å². The van der Waals surface area contributed by atoms with Crippen LogP contribution in [0.4, 0.5) is 34.1 Å². The first-order chi connectivity index (χ1) is 42.1. The summed E-state index contributed by atoms with van der Waals surface area (Å²) in [7, 11) is -3.08. The van der Waals surface area contributed by atoms with Crippen molar-refractivity contribution in [1.82, 2.24) is 0 Å². The van der Waals surface area contributed by atoms with Gasteiger partial charge >= 0.3 is 0 Å². The zero-order valence-corrected chi connectivity index (χ0v) is 52.0. The molecule has 1 aliphatic carbocycles. The Kier molecular flexibility index (Phi) is 12.6. The number of hydrogen-bond acceptors (Lipinski definition) is 4. The van der Waals surface area contributed by atoms with E-state index in [9.17, 15) is 0 Å². The average Bonchev–Trinajstić information content (AvgIpc) is 1.71. The third-order valence-electron chi connectivity index (χ3n) is 18.7. The second kappa shape index (κ2) is 20.2. The summed E-state index contributed by atoms with van der Waals surface area (Å²) in [5.41, 5.74) is 18.0. The topological polar surface area (TPSA) is 32.8 Å². The summed E-state index contributed by atoms with van der Waals surface area (Å²) in [5, 5.41) is 12.0. The van der Waals surface area contributed by atoms with Gasteiger partial charge < -0.3 is 18.6 Å². The van der Waals surface area contributed by atoms with Gasteiger partial charge in [-0.2, -0.15) is 0 Å². The summed E-state index contributed by atoms with van der Waals surface area (Å²) in [6.45, 7) is 20.8. The predicted octanol–water partition coefficient (Wildman–Crippen LogP) is 20.2. The SMILES string of the molecule is Cc1cc(N(c2ccc(C(C)(C)C)cc2)c2cc3c(c4ccccc24)-c2ccc(N(c4ccc(C(C)(C)C)cc4)c4cc([Si](c5ccccc5)(c5ccccc5)c5ccccc5)cc5c4oc4ccccc45)cc2C3(C)C)c2oc3ccccc3c2c1. The highest BCUT2D eigenvalue weighted by Crippen LogP contribution is 2.57. The first-order valence-electron chi connectivity index (χ1n) is 30.6. The molecule has 0 saturated carbocycles. The summed E-state index contributed by atoms with van der Waals surface area (Å²) in [5.74, 6) is 0. The maximum absolute atomic E-state index is 7.25. The van der Waals surface area contributed by atoms with E-state index in [0.717, 1.165) is 78.0 Å². The van der Waals surface area contributed by atoms with Gasteiger partial charge in [0, 0.05) is 49.4 Å². The molecule has 5 heteroatoms. The molecule has 0 spiro atoms. The third kappa shape index (κ3) is 8.68. The highest BCUT2D eigenvalue weighted by atomic mass is 28.3. The molecule has 0 atom stereocenters. The van der Waals surface area contributed by atoms with E-state index in [1.807, 2.05) is 0 Å². The lowest BCUT2D eigenvalue weighted by Gasteiger charge is -2.36. The van der Waals surface area contributed by atoms with Crippen molar-refractivity contribution in [1.29, 1.82) is 0 Å². The number of fused-ring (bicyclic) bond motifs is 11. The molecular weight excluding hydrogens is 1070 g/mol. The fraction of sp³-hybridized carbons (Fsp3) is 0.146. The van der Waals surface area contributed by atoms with Gasteiger partial charge in [0.1, 0.15) is 11.2 Å². The van der Waals surface area contributed by atoms with E-state index in [2.05, 4.69) is 333 Å². The molecule has 0 radical (unpaired) electrons. The molecule has 0 N–H and O–H groups in total. The highest BCUT2D eigenvalue weighted by Gasteiger charge is 2.44. The second-order valence-electron chi connectivity index (χ2n) is 26.6. The minimum Gasteiger partial charge on any atom is -0.454 e. The molecule has 12 aromatic carbocycles. The zero-order valence-electron chi connectivity index (χ0n) is 51.0. The molecule has 0 fully saturated rings. The predicted molar refractivity (Wildman–Crippen MR) is 371 cm³/mol. The highest BCUT2D eigenvalue weighted by molar-refractivity contribution is 7.20. The number of para-hydroxylation sites is 2. The van der Waals surface area contributed by atoms with E-state index in [1.54, 1.807) is 0 Å². The largest absolute Gasteiger partial charge is 0.454 e. The van der Waals surface area contributed by atoms with Crippen LogP contribution in [0.2, 0.25) is 0 Å². The molecule has 15 rings (SSSR count). The van der Waals surface area contributed by atoms with Crippen molar-refractivity contribution in [2.45, 2.75) is 78.6 Å². The Morgan fingerprint density at radius 2 is 0.782 bits per heavy atom. The Morgan fingerprint density at radius 3 is 1.30 bits per heavy atom. The summed E-state index contributed by atoms with van der Waals surface area (Å²) in [6, 6.07) is 97.6. The summed E-state index contributed by atoms with van der Waals surface area (Å²) >= 11 is 0. The molecule has 0 bridgehead atoms. The van der Waals surface area contributed by atoms with Crippen LogP contribution in [-0.4, -0.2) is 8.07 Å². The van der Waals surface area contributed by atoms with Crippen LogP contribution in [0.5, 0.6) is 0 Å². The van der Waals surface area contributed by atoms with Gasteiger partial charge in [-0.05, 0) is 162 Å². The summed E-state index contributed by atoms with van der Waals surface area (Å²) in [6.07, 6.45) is 0. The van der Waals surface area contributed by atoms with Crippen molar-refractivity contribution in [2.24, 2.45) is 0 Å². The first-order valence-corrected chi connectivity index (χ1v) is 32.6. The minimum absolute atomic E-state index is 0.0151. The fourth-order valence-corrected chi connectivity index (χ4v) is 19.1. The lowest BCUT2D eigenvalue weighted by atomic mass is 9.81. The minimum atomic E-state index is -3.08. The molecule has 1 aliphatic rings. The molecule has 4 nitrogen and oxygen atoms in total. The molecule has 87 heavy (non-hydrogen) atoms. The third-order valence-corrected chi connectivity index (χ3v) is 23.5. The van der Waals surface area contributed by atoms with Gasteiger partial charge in [0.15, 0.2) is 19.2 Å². The Labute approximate surface area is 511 Å². The zero-order chi connectivity index (χ0) is 59.6. The van der Waals surface area contributed by atoms with Crippen LogP contribution in [0.3, 0.4) is 0 Å². The molecule has 0 amide bonds. The average molecular weight is 1140 g/mol. The molecule has 424 valence electrons. The number of aryl methyl sites for hydroxylation is 1. The van der Waals surface area contributed by atoms with E-state index < -0.39 is 13.5 Å². The molecule has 0 aliphatic heterocycles. The van der Waals surface area contributed by atoms with Crippen LogP contribution >= 0.6 is 0 Å². The summed E-state index contributed by atoms with van der Waals surface area (Å²) in [4.78, 5) is 4.96. The van der Waals surface area contributed by atoms with Crippen LogP contribution in [0.1, 0.15) is 83.2 Å². The van der Waals surface area contributed by atoms with E-state index in [0.29, 0.717) is 0 Å². The van der Waals surface area contributed by atoms with Crippen molar-refractivity contribution < 1.29 is 8.83 Å². The number of furan rings is 2. The standard InChI is InChI=1S/C82H70N2O2Si/c1-53-47-68-64-32-21-23-35-75(64)85-78(68)73(48-53)84(57-43-39-55(40-44-57)81(5,6)7)72-52-71-77(66-34-20-19-31-63(66)72)67-46-45-58(49-70(67)82(71,8)9)83(56-41-37-54(38-42-56)80(2,3)4)74-51-62(50-69-65-33-22-24-36-76(65)86-79(69)74)87(59-25-13-10-14-26-59,60-27-15-11-16-28-60)61-29-17-12-18-30-61/h10-52H,1-9H3. The van der Waals surface area contributed by atoms with Crippen LogP contribution < -0.4 is 30.5 Å². The monoisotopic (exact) mass is 1140 g/mol. The molecule has 0 unspecified atom stereocenters. The van der Waals surface area contributed by atoms with Crippen molar-refractivity contribution in [3.63, 3.8) is 0 Å². The van der Waals surface area contributed by atoms with Gasteiger partial charge in [-0.25, -0.2) is 0 Å². The van der Waals surface area contributed by atoms with Crippen molar-refractivity contribution >= 4 is 118 Å². The number of rotatable bonds is 10. The molecule has 2 aromatic heterocycles. The maximum Gasteiger partial charge on any atom is 0.179 e. The van der Waals surface area contributed by atoms with Crippen molar-refractivity contribution in [2.75, 3.05) is 9.80 Å². The number of hydrogen-bond donors (Lipinski definition) is 0. The van der Waals surface area contributed by atoms with E-state index in [1.165, 1.54) is 70.5 Å². The smallest absolute Gasteiger partial charge is 0.179 e. The lowest BCUT2D eigenvalue weighted by Crippen LogP contribution is -2.74. The van der Waals surface area contributed by atoms with Gasteiger partial charge in [-0.1, -0.05) is 237 Å². The van der Waals surface area contributed by atoms with Gasteiger partial charge in [-0.3, -0.25) is 0 Å². The molecule has 14 aromatic rings. The van der Waals surface area contributed by atoms with Gasteiger partial charge in [0.25, 0.3) is 0 Å². The summed E-state index contributed by atoms with van der Waals surface area (Å²) < 4.78 is 14.2. The van der Waals surface area contributed by atoms with E-state index in [4.69, 9.17) is 8.83 Å².